The van der Waals surface area contributed by atoms with Crippen LogP contribution in [0.15, 0.2) is 6.07 Å². The number of carbonyl (C=O) groups is 1. The van der Waals surface area contributed by atoms with E-state index in [1.54, 1.807) is 0 Å². The van der Waals surface area contributed by atoms with Crippen LogP contribution in [0.2, 0.25) is 0 Å². The molecule has 1 aromatic heterocycles. The van der Waals surface area contributed by atoms with E-state index in [-0.39, 0.29) is 12.5 Å². The lowest BCUT2D eigenvalue weighted by Crippen LogP contribution is -2.44. The lowest BCUT2D eigenvalue weighted by Gasteiger charge is -2.32. The normalized spacial score (nSPS) is 18.9. The summed E-state index contributed by atoms with van der Waals surface area (Å²) in [5.41, 5.74) is 0.987. The monoisotopic (exact) mass is 306 g/mol. The molecule has 1 aromatic rings. The van der Waals surface area contributed by atoms with Gasteiger partial charge in [0.1, 0.15) is 6.61 Å². The van der Waals surface area contributed by atoms with Gasteiger partial charge in [-0.2, -0.15) is 0 Å². The number of likely N-dealkylation sites (tertiary alicyclic amines) is 1. The maximum Gasteiger partial charge on any atom is 0.261 e. The Labute approximate surface area is 130 Å². The van der Waals surface area contributed by atoms with Crippen molar-refractivity contribution >= 4 is 17.2 Å². The molecule has 0 saturated carbocycles. The summed E-state index contributed by atoms with van der Waals surface area (Å²) < 4.78 is 0. The number of likely N-dealkylation sites (N-methyl/N-ethyl adjacent to an activating group) is 1. The third-order valence-electron chi connectivity index (χ3n) is 3.84. The van der Waals surface area contributed by atoms with E-state index in [2.05, 4.69) is 29.1 Å². The average Bonchev–Trinajstić information content (AvgIpc) is 2.85. The van der Waals surface area contributed by atoms with Gasteiger partial charge in [0.15, 0.2) is 0 Å². The molecule has 1 amide bonds. The molecule has 0 aliphatic carbocycles. The zero-order chi connectivity index (χ0) is 15.2. The molecule has 1 fully saturated rings. The number of thiophene rings is 1. The van der Waals surface area contributed by atoms with Crippen LogP contribution < -0.4 is 5.32 Å². The number of nitrogens with one attached hydrogen (secondary N) is 1. The minimum absolute atomic E-state index is 0.0286. The molecule has 4 nitrogen and oxygen atoms in total. The van der Waals surface area contributed by atoms with Gasteiger partial charge in [-0.15, -0.1) is 11.3 Å². The van der Waals surface area contributed by atoms with E-state index < -0.39 is 0 Å². The minimum atomic E-state index is -0.160. The van der Waals surface area contributed by atoms with Gasteiger partial charge in [-0.05, 0) is 45.0 Å². The highest BCUT2D eigenvalue weighted by molar-refractivity contribution is 7.14. The highest BCUT2D eigenvalue weighted by atomic mass is 32.1. The molecule has 114 valence electrons. The molecule has 5 heteroatoms. The van der Waals surface area contributed by atoms with Gasteiger partial charge in [0.05, 0.1) is 9.75 Å². The SMILES string of the molecule is Cc1cc(C(=O)NCC2CCCCN2C)sc1C#CCO. The Kier molecular flexibility index (Phi) is 5.80. The Balaban J connectivity index is 1.94. The van der Waals surface area contributed by atoms with Crippen molar-refractivity contribution in [3.63, 3.8) is 0 Å². The van der Waals surface area contributed by atoms with E-state index in [0.717, 1.165) is 23.4 Å². The molecule has 2 rings (SSSR count). The van der Waals surface area contributed by atoms with Crippen molar-refractivity contribution in [2.24, 2.45) is 0 Å². The quantitative estimate of drug-likeness (QED) is 0.834. The molecule has 0 radical (unpaired) electrons. The summed E-state index contributed by atoms with van der Waals surface area (Å²) in [5.74, 6) is 5.48. The standard InChI is InChI=1S/C16H22N2O2S/c1-12-10-15(21-14(12)7-5-9-19)16(20)17-11-13-6-3-4-8-18(13)2/h10,13,19H,3-4,6,8-9,11H2,1-2H3,(H,17,20). The first-order chi connectivity index (χ1) is 10.1. The summed E-state index contributed by atoms with van der Waals surface area (Å²) in [6, 6.07) is 2.31. The number of carbonyl (C=O) groups excluding carboxylic acids is 1. The summed E-state index contributed by atoms with van der Waals surface area (Å²) >= 11 is 1.38. The number of rotatable bonds is 3. The second-order valence-corrected chi connectivity index (χ2v) is 6.48. The molecular weight excluding hydrogens is 284 g/mol. The molecule has 21 heavy (non-hydrogen) atoms. The largest absolute Gasteiger partial charge is 0.384 e. The van der Waals surface area contributed by atoms with Crippen LogP contribution in [0.5, 0.6) is 0 Å². The zero-order valence-corrected chi connectivity index (χ0v) is 13.4. The van der Waals surface area contributed by atoms with Crippen molar-refractivity contribution in [2.45, 2.75) is 32.2 Å². The molecule has 0 spiro atoms. The van der Waals surface area contributed by atoms with Gasteiger partial charge in [-0.25, -0.2) is 0 Å². The number of aryl methyl sites for hydroxylation is 1. The van der Waals surface area contributed by atoms with Crippen LogP contribution in [0.3, 0.4) is 0 Å². The zero-order valence-electron chi connectivity index (χ0n) is 12.6. The highest BCUT2D eigenvalue weighted by Gasteiger charge is 2.20. The molecule has 0 bridgehead atoms. The number of piperidine rings is 1. The lowest BCUT2D eigenvalue weighted by atomic mass is 10.0. The van der Waals surface area contributed by atoms with Crippen molar-refractivity contribution in [2.75, 3.05) is 26.7 Å². The summed E-state index contributed by atoms with van der Waals surface area (Å²) in [4.78, 5) is 16.1. The van der Waals surface area contributed by atoms with Gasteiger partial charge in [0.25, 0.3) is 5.91 Å². The average molecular weight is 306 g/mol. The van der Waals surface area contributed by atoms with Crippen molar-refractivity contribution in [1.29, 1.82) is 0 Å². The summed E-state index contributed by atoms with van der Waals surface area (Å²) in [7, 11) is 2.12. The first-order valence-corrected chi connectivity index (χ1v) is 8.12. The van der Waals surface area contributed by atoms with E-state index in [1.165, 1.54) is 24.2 Å². The molecule has 1 atom stereocenters. The van der Waals surface area contributed by atoms with Crippen LogP contribution in [-0.2, 0) is 0 Å². The van der Waals surface area contributed by atoms with Gasteiger partial charge in [-0.1, -0.05) is 18.3 Å². The Hall–Kier alpha value is -1.35. The number of nitrogens with zero attached hydrogens (tertiary/aromatic N) is 1. The first-order valence-electron chi connectivity index (χ1n) is 7.30. The van der Waals surface area contributed by atoms with E-state index in [9.17, 15) is 4.79 Å². The van der Waals surface area contributed by atoms with Gasteiger partial charge in [-0.3, -0.25) is 4.79 Å². The Morgan fingerprint density at radius 3 is 3.10 bits per heavy atom. The van der Waals surface area contributed by atoms with Crippen LogP contribution in [0.1, 0.15) is 39.4 Å². The molecule has 1 unspecified atom stereocenters. The van der Waals surface area contributed by atoms with Gasteiger partial charge >= 0.3 is 0 Å². The second-order valence-electron chi connectivity index (χ2n) is 5.42. The van der Waals surface area contributed by atoms with Crippen molar-refractivity contribution < 1.29 is 9.90 Å². The fourth-order valence-corrected chi connectivity index (χ4v) is 3.50. The molecular formula is C16H22N2O2S. The van der Waals surface area contributed by atoms with Crippen LogP contribution in [-0.4, -0.2) is 48.7 Å². The van der Waals surface area contributed by atoms with Gasteiger partial charge < -0.3 is 15.3 Å². The predicted octanol–water partition coefficient (Wildman–Crippen LogP) is 1.61. The van der Waals surface area contributed by atoms with Gasteiger partial charge in [0, 0.05) is 12.6 Å². The maximum absolute atomic E-state index is 12.2. The number of aliphatic hydroxyl groups is 1. The first kappa shape index (κ1) is 16.0. The van der Waals surface area contributed by atoms with E-state index in [1.807, 2.05) is 13.0 Å². The Morgan fingerprint density at radius 1 is 1.57 bits per heavy atom. The van der Waals surface area contributed by atoms with E-state index in [0.29, 0.717) is 17.5 Å². The third-order valence-corrected chi connectivity index (χ3v) is 4.99. The lowest BCUT2D eigenvalue weighted by molar-refractivity contribution is 0.0932. The molecule has 1 saturated heterocycles. The van der Waals surface area contributed by atoms with Crippen LogP contribution in [0.25, 0.3) is 0 Å². The number of hydrogen-bond acceptors (Lipinski definition) is 4. The Bertz CT molecular complexity index is 556. The second kappa shape index (κ2) is 7.60. The van der Waals surface area contributed by atoms with Crippen LogP contribution in [0.4, 0.5) is 0 Å². The maximum atomic E-state index is 12.2. The molecule has 0 aromatic carbocycles. The summed E-state index contributed by atoms with van der Waals surface area (Å²) in [6.45, 7) is 3.58. The number of aliphatic hydroxyl groups excluding tert-OH is 1. The van der Waals surface area contributed by atoms with Gasteiger partial charge in [0.2, 0.25) is 0 Å². The highest BCUT2D eigenvalue weighted by Crippen LogP contribution is 2.21. The fraction of sp³-hybridized carbons (Fsp3) is 0.562. The molecule has 2 N–H and O–H groups in total. The number of amides is 1. The predicted molar refractivity (Wildman–Crippen MR) is 85.6 cm³/mol. The fourth-order valence-electron chi connectivity index (χ4n) is 2.54. The summed E-state index contributed by atoms with van der Waals surface area (Å²) in [5, 5.41) is 11.8. The summed E-state index contributed by atoms with van der Waals surface area (Å²) in [6.07, 6.45) is 3.63. The van der Waals surface area contributed by atoms with E-state index in [4.69, 9.17) is 5.11 Å². The topological polar surface area (TPSA) is 52.6 Å². The smallest absolute Gasteiger partial charge is 0.261 e. The third kappa shape index (κ3) is 4.31. The van der Waals surface area contributed by atoms with Crippen molar-refractivity contribution in [1.82, 2.24) is 10.2 Å². The number of hydrogen-bond donors (Lipinski definition) is 2. The molecule has 2 heterocycles. The molecule has 1 aliphatic heterocycles. The van der Waals surface area contributed by atoms with Crippen LogP contribution >= 0.6 is 11.3 Å². The van der Waals surface area contributed by atoms with Crippen molar-refractivity contribution in [3.05, 3.63) is 21.4 Å². The van der Waals surface area contributed by atoms with Crippen molar-refractivity contribution in [3.8, 4) is 11.8 Å². The van der Waals surface area contributed by atoms with E-state index >= 15 is 0 Å². The molecule has 1 aliphatic rings. The minimum Gasteiger partial charge on any atom is -0.384 e. The Morgan fingerprint density at radius 2 is 2.38 bits per heavy atom. The van der Waals surface area contributed by atoms with Crippen LogP contribution in [0, 0.1) is 18.8 Å².